The molecule has 4 aromatic rings. The zero-order chi connectivity index (χ0) is 43.6. The van der Waals surface area contributed by atoms with Crippen LogP contribution in [-0.2, 0) is 18.3 Å². The average Bonchev–Trinajstić information content (AvgIpc) is 3.85. The fourth-order valence-corrected chi connectivity index (χ4v) is 18.2. The van der Waals surface area contributed by atoms with Crippen LogP contribution in [0.5, 0.6) is 0 Å². The molecule has 0 unspecified atom stereocenters. The third-order valence-electron chi connectivity index (χ3n) is 12.0. The van der Waals surface area contributed by atoms with E-state index in [4.69, 9.17) is 23.9 Å². The molecule has 60 heavy (non-hydrogen) atoms. The lowest BCUT2D eigenvalue weighted by molar-refractivity contribution is -0.0332. The number of hydrogen-bond donors (Lipinski definition) is 2. The molecule has 0 amide bonds. The first-order chi connectivity index (χ1) is 28.7. The SMILES string of the molecule is CC(C)(C)[Si](O[C@H]1CO[C@H]([C@@H](O)CO)[C@@H]1N=[N+]=[N-])(c1ccccc1)c1ccccc1.CC[C@H](C)[C@H]1OC[C@H](O[Si](c2ccccc2)(c2ccccc2)C(C)(C)C)[C@H]1N=[N+]=[N-]. The van der Waals surface area contributed by atoms with E-state index < -0.39 is 47.6 Å². The highest BCUT2D eigenvalue weighted by Crippen LogP contribution is 2.41. The van der Waals surface area contributed by atoms with E-state index in [1.54, 1.807) is 0 Å². The molecular formula is C46H62N6O6Si2. The fourth-order valence-electron chi connectivity index (χ4n) is 8.85. The maximum Gasteiger partial charge on any atom is 0.261 e. The molecule has 0 saturated carbocycles. The van der Waals surface area contributed by atoms with E-state index in [0.29, 0.717) is 12.5 Å². The minimum Gasteiger partial charge on any atom is -0.402 e. The number of azide groups is 2. The minimum absolute atomic E-state index is 0.117. The van der Waals surface area contributed by atoms with Crippen LogP contribution in [0.4, 0.5) is 0 Å². The Morgan fingerprint density at radius 3 is 1.23 bits per heavy atom. The van der Waals surface area contributed by atoms with Crippen LogP contribution in [0, 0.1) is 5.92 Å². The van der Waals surface area contributed by atoms with Gasteiger partial charge in [-0.25, -0.2) is 0 Å². The summed E-state index contributed by atoms with van der Waals surface area (Å²) in [5.74, 6) is 0.299. The Balaban J connectivity index is 0.000000228. The fraction of sp³-hybridized carbons (Fsp3) is 0.478. The van der Waals surface area contributed by atoms with Gasteiger partial charge in [0.1, 0.15) is 6.10 Å². The molecule has 2 aliphatic rings. The summed E-state index contributed by atoms with van der Waals surface area (Å²) in [6.07, 6.45) is -1.92. The monoisotopic (exact) mass is 850 g/mol. The first-order valence-corrected chi connectivity index (χ1v) is 24.7. The van der Waals surface area contributed by atoms with Crippen LogP contribution >= 0.6 is 0 Å². The summed E-state index contributed by atoms with van der Waals surface area (Å²) in [7, 11) is -5.59. The van der Waals surface area contributed by atoms with Crippen molar-refractivity contribution >= 4 is 37.4 Å². The van der Waals surface area contributed by atoms with Crippen LogP contribution in [0.3, 0.4) is 0 Å². The molecule has 0 bridgehead atoms. The number of aliphatic hydroxyl groups excluding tert-OH is 2. The smallest absolute Gasteiger partial charge is 0.261 e. The summed E-state index contributed by atoms with van der Waals surface area (Å²) in [4.78, 5) is 6.11. The largest absolute Gasteiger partial charge is 0.402 e. The lowest BCUT2D eigenvalue weighted by Gasteiger charge is -2.45. The van der Waals surface area contributed by atoms with Crippen LogP contribution in [-0.4, -0.2) is 89.3 Å². The highest BCUT2D eigenvalue weighted by atomic mass is 28.4. The van der Waals surface area contributed by atoms with Gasteiger partial charge in [0.25, 0.3) is 16.6 Å². The first-order valence-electron chi connectivity index (χ1n) is 20.9. The second-order valence-corrected chi connectivity index (χ2v) is 26.3. The standard InChI is InChI=1S/C24H33N3O2Si.C22H29N3O4Si/c1-6-18(2)23-22(26-27-25)21(17-28-23)29-30(24(3,4)5,19-13-9-7-10-14-19)20-15-11-8-12-16-20;1-22(2,3)30(16-10-6-4-7-11-16,17-12-8-5-9-13-17)29-19-15-28-21(18(27)14-26)20(19)24-25-23/h7-16,18,21-23H,6,17H2,1-5H3;4-13,18-21,26-27H,14-15H2,1-3H3/t18-,21-,22+,23+;18-,19-,20+,21+/m00/s1. The van der Waals surface area contributed by atoms with Crippen molar-refractivity contribution in [1.82, 2.24) is 0 Å². The van der Waals surface area contributed by atoms with E-state index in [0.717, 1.165) is 16.8 Å². The Morgan fingerprint density at radius 2 is 0.950 bits per heavy atom. The van der Waals surface area contributed by atoms with Crippen molar-refractivity contribution in [2.75, 3.05) is 19.8 Å². The van der Waals surface area contributed by atoms with Gasteiger partial charge >= 0.3 is 0 Å². The van der Waals surface area contributed by atoms with E-state index in [2.05, 4.69) is 148 Å². The van der Waals surface area contributed by atoms with Crippen LogP contribution in [0.25, 0.3) is 20.9 Å². The zero-order valence-electron chi connectivity index (χ0n) is 36.2. The Labute approximate surface area is 357 Å². The third-order valence-corrected chi connectivity index (χ3v) is 22.1. The van der Waals surface area contributed by atoms with Crippen molar-refractivity contribution in [2.24, 2.45) is 16.1 Å². The Bertz CT molecular complexity index is 1800. The van der Waals surface area contributed by atoms with Gasteiger partial charge in [0, 0.05) is 9.82 Å². The summed E-state index contributed by atoms with van der Waals surface area (Å²) < 4.78 is 26.0. The van der Waals surface area contributed by atoms with Crippen LogP contribution in [0.15, 0.2) is 132 Å². The van der Waals surface area contributed by atoms with Gasteiger partial charge in [0.05, 0.1) is 56.3 Å². The van der Waals surface area contributed by atoms with Gasteiger partial charge in [-0.3, -0.25) is 0 Å². The van der Waals surface area contributed by atoms with Gasteiger partial charge in [-0.15, -0.1) is 0 Å². The molecule has 0 radical (unpaired) electrons. The van der Waals surface area contributed by atoms with Crippen molar-refractivity contribution in [3.63, 3.8) is 0 Å². The number of ether oxygens (including phenoxy) is 2. The Hall–Kier alpha value is -4.31. The number of rotatable bonds is 14. The molecule has 320 valence electrons. The van der Waals surface area contributed by atoms with Crippen molar-refractivity contribution in [1.29, 1.82) is 0 Å². The molecule has 2 saturated heterocycles. The van der Waals surface area contributed by atoms with E-state index in [1.807, 2.05) is 48.5 Å². The Morgan fingerprint density at radius 1 is 0.633 bits per heavy atom. The maximum atomic E-state index is 10.2. The van der Waals surface area contributed by atoms with Gasteiger partial charge in [-0.2, -0.15) is 0 Å². The first kappa shape index (κ1) is 46.8. The molecule has 6 rings (SSSR count). The van der Waals surface area contributed by atoms with Crippen LogP contribution in [0.2, 0.25) is 10.1 Å². The van der Waals surface area contributed by atoms with Crippen molar-refractivity contribution in [3.05, 3.63) is 142 Å². The predicted octanol–water partition coefficient (Wildman–Crippen LogP) is 7.42. The van der Waals surface area contributed by atoms with Crippen molar-refractivity contribution < 1.29 is 28.5 Å². The molecule has 14 heteroatoms. The lowest BCUT2D eigenvalue weighted by Crippen LogP contribution is -2.68. The number of aliphatic hydroxyl groups is 2. The Kier molecular flexibility index (Phi) is 16.0. The molecule has 0 aliphatic carbocycles. The molecule has 2 N–H and O–H groups in total. The van der Waals surface area contributed by atoms with Crippen LogP contribution < -0.4 is 20.7 Å². The van der Waals surface area contributed by atoms with E-state index >= 15 is 0 Å². The third kappa shape index (κ3) is 9.74. The second kappa shape index (κ2) is 20.5. The highest BCUT2D eigenvalue weighted by Gasteiger charge is 2.56. The molecule has 8 atom stereocenters. The highest BCUT2D eigenvalue weighted by molar-refractivity contribution is 7.00. The molecule has 2 heterocycles. The molecule has 4 aromatic carbocycles. The molecule has 2 fully saturated rings. The van der Waals surface area contributed by atoms with E-state index in [-0.39, 0.29) is 34.9 Å². The summed E-state index contributed by atoms with van der Waals surface area (Å²) in [5, 5.41) is 31.9. The summed E-state index contributed by atoms with van der Waals surface area (Å²) in [6, 6.07) is 40.3. The maximum absolute atomic E-state index is 10.2. The minimum atomic E-state index is -2.87. The van der Waals surface area contributed by atoms with Gasteiger partial charge in [0.15, 0.2) is 0 Å². The summed E-state index contributed by atoms with van der Waals surface area (Å²) in [6.45, 7) is 17.7. The number of hydrogen-bond acceptors (Lipinski definition) is 8. The van der Waals surface area contributed by atoms with E-state index in [1.165, 1.54) is 10.4 Å². The normalized spacial score (nSPS) is 23.0. The van der Waals surface area contributed by atoms with Gasteiger partial charge in [0.2, 0.25) is 0 Å². The van der Waals surface area contributed by atoms with Gasteiger partial charge in [-0.1, -0.05) is 193 Å². The summed E-state index contributed by atoms with van der Waals surface area (Å²) >= 11 is 0. The molecule has 12 nitrogen and oxygen atoms in total. The average molecular weight is 851 g/mol. The molecule has 0 aromatic heterocycles. The lowest BCUT2D eigenvalue weighted by atomic mass is 9.95. The second-order valence-electron chi connectivity index (χ2n) is 17.8. The van der Waals surface area contributed by atoms with Gasteiger partial charge in [-0.05, 0) is 47.8 Å². The van der Waals surface area contributed by atoms with Crippen molar-refractivity contribution in [2.45, 2.75) is 114 Å². The number of benzene rings is 4. The molecule has 0 spiro atoms. The van der Waals surface area contributed by atoms with Crippen LogP contribution in [0.1, 0.15) is 61.8 Å². The van der Waals surface area contributed by atoms with E-state index in [9.17, 15) is 15.7 Å². The number of nitrogens with zero attached hydrogens (tertiary/aromatic N) is 6. The topological polar surface area (TPSA) is 175 Å². The van der Waals surface area contributed by atoms with Gasteiger partial charge < -0.3 is 28.5 Å². The predicted molar refractivity (Wildman–Crippen MR) is 243 cm³/mol. The zero-order valence-corrected chi connectivity index (χ0v) is 38.2. The summed E-state index contributed by atoms with van der Waals surface area (Å²) in [5.41, 5.74) is 18.4. The molecular weight excluding hydrogens is 789 g/mol. The van der Waals surface area contributed by atoms with Crippen molar-refractivity contribution in [3.8, 4) is 0 Å². The quantitative estimate of drug-likeness (QED) is 0.0578. The molecule has 2 aliphatic heterocycles.